The Morgan fingerprint density at radius 3 is 2.42 bits per heavy atom. The summed E-state index contributed by atoms with van der Waals surface area (Å²) in [6.45, 7) is 0.351. The molecule has 10 heteroatoms. The summed E-state index contributed by atoms with van der Waals surface area (Å²) in [4.78, 5) is 51.7. The SMILES string of the molecule is COc1ccc(Cl)cc1NC(=O)Cn1c(=O)n(CCCCC(=O)NCCc2ccccc2)c(=O)c2ccccc21. The number of carbonyl (C=O) groups excluding carboxylic acids is 2. The van der Waals surface area contributed by atoms with Crippen LogP contribution in [-0.4, -0.2) is 34.6 Å². The highest BCUT2D eigenvalue weighted by molar-refractivity contribution is 6.31. The molecular weight excluding hydrogens is 532 g/mol. The van der Waals surface area contributed by atoms with E-state index in [1.54, 1.807) is 42.5 Å². The monoisotopic (exact) mass is 562 g/mol. The van der Waals surface area contributed by atoms with Crippen LogP contribution in [0.1, 0.15) is 24.8 Å². The molecule has 0 aliphatic carbocycles. The molecule has 4 aromatic rings. The van der Waals surface area contributed by atoms with E-state index in [0.29, 0.717) is 46.7 Å². The third-order valence-electron chi connectivity index (χ3n) is 6.48. The normalized spacial score (nSPS) is 10.8. The standard InChI is InChI=1S/C30H31ClN4O5/c1-40-26-15-14-22(31)19-24(26)33-28(37)20-35-25-12-6-5-11-23(25)29(38)34(30(35)39)18-8-7-13-27(36)32-17-16-21-9-3-2-4-10-21/h2-6,9-12,14-15,19H,7-8,13,16-18,20H2,1H3,(H,32,36)(H,33,37). The number of methoxy groups -OCH3 is 1. The Kier molecular flexibility index (Phi) is 9.75. The predicted molar refractivity (Wildman–Crippen MR) is 156 cm³/mol. The molecule has 40 heavy (non-hydrogen) atoms. The minimum absolute atomic E-state index is 0.0766. The van der Waals surface area contributed by atoms with Gasteiger partial charge in [-0.2, -0.15) is 0 Å². The van der Waals surface area contributed by atoms with E-state index >= 15 is 0 Å². The summed E-state index contributed by atoms with van der Waals surface area (Å²) >= 11 is 6.06. The first-order valence-corrected chi connectivity index (χ1v) is 13.4. The molecule has 0 atom stereocenters. The van der Waals surface area contributed by atoms with E-state index in [9.17, 15) is 19.2 Å². The average molecular weight is 563 g/mol. The number of hydrogen-bond acceptors (Lipinski definition) is 5. The van der Waals surface area contributed by atoms with Gasteiger partial charge in [-0.05, 0) is 55.2 Å². The summed E-state index contributed by atoms with van der Waals surface area (Å²) < 4.78 is 7.68. The third kappa shape index (κ3) is 7.18. The molecule has 4 rings (SSSR count). The van der Waals surface area contributed by atoms with Gasteiger partial charge in [-0.3, -0.25) is 23.5 Å². The Morgan fingerprint density at radius 2 is 1.65 bits per heavy atom. The highest BCUT2D eigenvalue weighted by Crippen LogP contribution is 2.27. The van der Waals surface area contributed by atoms with Crippen LogP contribution in [0.2, 0.25) is 5.02 Å². The molecule has 0 radical (unpaired) electrons. The minimum atomic E-state index is -0.593. The fourth-order valence-corrected chi connectivity index (χ4v) is 4.64. The van der Waals surface area contributed by atoms with Crippen molar-refractivity contribution in [1.82, 2.24) is 14.5 Å². The maximum atomic E-state index is 13.4. The smallest absolute Gasteiger partial charge is 0.331 e. The van der Waals surface area contributed by atoms with Crippen LogP contribution in [0, 0.1) is 0 Å². The predicted octanol–water partition coefficient (Wildman–Crippen LogP) is 3.99. The maximum absolute atomic E-state index is 13.4. The van der Waals surface area contributed by atoms with E-state index in [1.807, 2.05) is 30.3 Å². The minimum Gasteiger partial charge on any atom is -0.495 e. The van der Waals surface area contributed by atoms with Gasteiger partial charge in [0.15, 0.2) is 0 Å². The van der Waals surface area contributed by atoms with Gasteiger partial charge in [0.25, 0.3) is 5.56 Å². The number of halogens is 1. The van der Waals surface area contributed by atoms with Crippen molar-refractivity contribution in [1.29, 1.82) is 0 Å². The summed E-state index contributed by atoms with van der Waals surface area (Å²) in [7, 11) is 1.47. The number of aromatic nitrogens is 2. The third-order valence-corrected chi connectivity index (χ3v) is 6.72. The number of nitrogens with zero attached hydrogens (tertiary/aromatic N) is 2. The zero-order valence-electron chi connectivity index (χ0n) is 22.2. The lowest BCUT2D eigenvalue weighted by molar-refractivity contribution is -0.121. The molecule has 1 heterocycles. The lowest BCUT2D eigenvalue weighted by Crippen LogP contribution is -2.41. The van der Waals surface area contributed by atoms with Gasteiger partial charge in [0, 0.05) is 24.5 Å². The fourth-order valence-electron chi connectivity index (χ4n) is 4.47. The van der Waals surface area contributed by atoms with Crippen molar-refractivity contribution in [3.05, 3.63) is 104 Å². The number of hydrogen-bond donors (Lipinski definition) is 2. The number of rotatable bonds is 12. The molecule has 0 bridgehead atoms. The van der Waals surface area contributed by atoms with Crippen LogP contribution in [0.25, 0.3) is 10.9 Å². The molecule has 208 valence electrons. The van der Waals surface area contributed by atoms with Gasteiger partial charge in [0.1, 0.15) is 12.3 Å². The average Bonchev–Trinajstić information content (AvgIpc) is 2.95. The fraction of sp³-hybridized carbons (Fsp3) is 0.267. The van der Waals surface area contributed by atoms with Crippen molar-refractivity contribution in [2.45, 2.75) is 38.8 Å². The van der Waals surface area contributed by atoms with Crippen molar-refractivity contribution in [3.8, 4) is 5.75 Å². The summed E-state index contributed by atoms with van der Waals surface area (Å²) in [6.07, 6.45) is 1.99. The topological polar surface area (TPSA) is 111 Å². The van der Waals surface area contributed by atoms with Crippen LogP contribution < -0.4 is 26.6 Å². The van der Waals surface area contributed by atoms with Gasteiger partial charge in [0.05, 0.1) is 23.7 Å². The number of unbranched alkanes of at least 4 members (excludes halogenated alkanes) is 1. The number of anilines is 1. The molecule has 0 saturated heterocycles. The molecule has 0 aliphatic heterocycles. The molecule has 2 amide bonds. The Morgan fingerprint density at radius 1 is 0.900 bits per heavy atom. The second kappa shape index (κ2) is 13.6. The molecule has 0 aliphatic rings. The first-order valence-electron chi connectivity index (χ1n) is 13.0. The summed E-state index contributed by atoms with van der Waals surface area (Å²) in [6, 6.07) is 21.4. The van der Waals surface area contributed by atoms with Crippen LogP contribution >= 0.6 is 11.6 Å². The summed E-state index contributed by atoms with van der Waals surface area (Å²) in [5.41, 5.74) is 0.855. The summed E-state index contributed by atoms with van der Waals surface area (Å²) in [5.74, 6) is -0.137. The van der Waals surface area contributed by atoms with Crippen LogP contribution in [0.4, 0.5) is 5.69 Å². The van der Waals surface area contributed by atoms with E-state index in [-0.39, 0.29) is 25.4 Å². The number of carbonyl (C=O) groups is 2. The highest BCUT2D eigenvalue weighted by atomic mass is 35.5. The van der Waals surface area contributed by atoms with E-state index in [4.69, 9.17) is 16.3 Å². The van der Waals surface area contributed by atoms with Crippen molar-refractivity contribution < 1.29 is 14.3 Å². The Bertz CT molecular complexity index is 1610. The number of amides is 2. The van der Waals surface area contributed by atoms with Crippen molar-refractivity contribution in [2.24, 2.45) is 0 Å². The summed E-state index contributed by atoms with van der Waals surface area (Å²) in [5, 5.41) is 6.37. The molecular formula is C30H31ClN4O5. The van der Waals surface area contributed by atoms with Crippen molar-refractivity contribution in [3.63, 3.8) is 0 Å². The number of ether oxygens (including phenoxy) is 1. The Labute approximate surface area is 236 Å². The number of benzene rings is 3. The molecule has 3 aromatic carbocycles. The number of nitrogens with one attached hydrogen (secondary N) is 2. The van der Waals surface area contributed by atoms with Gasteiger partial charge in [-0.25, -0.2) is 4.79 Å². The highest BCUT2D eigenvalue weighted by Gasteiger charge is 2.16. The molecule has 1 aromatic heterocycles. The Balaban J connectivity index is 1.42. The van der Waals surface area contributed by atoms with Crippen molar-refractivity contribution >= 4 is 40.0 Å². The van der Waals surface area contributed by atoms with E-state index in [2.05, 4.69) is 10.6 Å². The van der Waals surface area contributed by atoms with E-state index < -0.39 is 17.2 Å². The maximum Gasteiger partial charge on any atom is 0.331 e. The first-order chi connectivity index (χ1) is 19.4. The molecule has 0 spiro atoms. The van der Waals surface area contributed by atoms with E-state index in [0.717, 1.165) is 16.6 Å². The van der Waals surface area contributed by atoms with Gasteiger partial charge in [0.2, 0.25) is 11.8 Å². The molecule has 2 N–H and O–H groups in total. The lowest BCUT2D eigenvalue weighted by atomic mass is 10.1. The van der Waals surface area contributed by atoms with Crippen LogP contribution in [0.3, 0.4) is 0 Å². The second-order valence-corrected chi connectivity index (χ2v) is 9.71. The number of para-hydroxylation sites is 1. The van der Waals surface area contributed by atoms with E-state index in [1.165, 1.54) is 11.7 Å². The Hall–Kier alpha value is -4.37. The first kappa shape index (κ1) is 28.6. The van der Waals surface area contributed by atoms with Crippen molar-refractivity contribution in [2.75, 3.05) is 19.0 Å². The van der Waals surface area contributed by atoms with Gasteiger partial charge in [-0.1, -0.05) is 54.1 Å². The van der Waals surface area contributed by atoms with Gasteiger partial charge in [-0.15, -0.1) is 0 Å². The zero-order valence-corrected chi connectivity index (χ0v) is 22.9. The van der Waals surface area contributed by atoms with Crippen LogP contribution in [-0.2, 0) is 29.1 Å². The van der Waals surface area contributed by atoms with Crippen LogP contribution in [0.15, 0.2) is 82.4 Å². The molecule has 0 saturated carbocycles. The van der Waals surface area contributed by atoms with Gasteiger partial charge < -0.3 is 15.4 Å². The van der Waals surface area contributed by atoms with Crippen LogP contribution in [0.5, 0.6) is 5.75 Å². The largest absolute Gasteiger partial charge is 0.495 e. The zero-order chi connectivity index (χ0) is 28.5. The second-order valence-electron chi connectivity index (χ2n) is 9.28. The number of fused-ring (bicyclic) bond motifs is 1. The lowest BCUT2D eigenvalue weighted by Gasteiger charge is -2.15. The molecule has 9 nitrogen and oxygen atoms in total. The van der Waals surface area contributed by atoms with Gasteiger partial charge >= 0.3 is 5.69 Å². The molecule has 0 fully saturated rings. The molecule has 0 unspecified atom stereocenters. The quantitative estimate of drug-likeness (QED) is 0.254.